The van der Waals surface area contributed by atoms with E-state index in [1.54, 1.807) is 10.9 Å². The molecule has 0 aromatic carbocycles. The van der Waals surface area contributed by atoms with Gasteiger partial charge in [0.25, 0.3) is 0 Å². The van der Waals surface area contributed by atoms with Crippen LogP contribution in [0.3, 0.4) is 0 Å². The van der Waals surface area contributed by atoms with Crippen molar-refractivity contribution in [3.8, 4) is 0 Å². The third-order valence-electron chi connectivity index (χ3n) is 3.65. The van der Waals surface area contributed by atoms with Crippen molar-refractivity contribution in [1.29, 1.82) is 0 Å². The van der Waals surface area contributed by atoms with Crippen molar-refractivity contribution >= 4 is 5.91 Å². The molecule has 1 atom stereocenters. The molecular weight excluding hydrogens is 244 g/mol. The highest BCUT2D eigenvalue weighted by Gasteiger charge is 2.26. The van der Waals surface area contributed by atoms with Crippen molar-refractivity contribution < 1.29 is 9.90 Å². The SMILES string of the molecule is Cc1cnn(CC(=O)N2CCN(C)[C@@H](CCO)C2)c1. The highest BCUT2D eigenvalue weighted by atomic mass is 16.3. The van der Waals surface area contributed by atoms with Crippen LogP contribution in [0.15, 0.2) is 12.4 Å². The van der Waals surface area contributed by atoms with E-state index in [2.05, 4.69) is 10.00 Å². The van der Waals surface area contributed by atoms with E-state index in [9.17, 15) is 4.79 Å². The van der Waals surface area contributed by atoms with Crippen molar-refractivity contribution in [2.45, 2.75) is 25.9 Å². The van der Waals surface area contributed by atoms with Crippen LogP contribution in [0.1, 0.15) is 12.0 Å². The molecule has 1 fully saturated rings. The molecule has 0 saturated carbocycles. The summed E-state index contributed by atoms with van der Waals surface area (Å²) in [7, 11) is 2.04. The van der Waals surface area contributed by atoms with Crippen LogP contribution in [-0.4, -0.2) is 69.9 Å². The highest BCUT2D eigenvalue weighted by Crippen LogP contribution is 2.11. The van der Waals surface area contributed by atoms with Gasteiger partial charge < -0.3 is 10.0 Å². The van der Waals surface area contributed by atoms with E-state index in [1.807, 2.05) is 25.1 Å². The summed E-state index contributed by atoms with van der Waals surface area (Å²) < 4.78 is 1.68. The number of hydrogen-bond donors (Lipinski definition) is 1. The summed E-state index contributed by atoms with van der Waals surface area (Å²) in [6.07, 6.45) is 4.34. The monoisotopic (exact) mass is 266 g/mol. The van der Waals surface area contributed by atoms with Gasteiger partial charge in [0, 0.05) is 38.5 Å². The van der Waals surface area contributed by atoms with Crippen LogP contribution in [0.2, 0.25) is 0 Å². The summed E-state index contributed by atoms with van der Waals surface area (Å²) in [5, 5.41) is 13.2. The Balaban J connectivity index is 1.92. The molecule has 1 aromatic rings. The van der Waals surface area contributed by atoms with Crippen molar-refractivity contribution in [2.75, 3.05) is 33.3 Å². The predicted octanol–water partition coefficient (Wildman–Crippen LogP) is -0.283. The van der Waals surface area contributed by atoms with Crippen LogP contribution in [0.5, 0.6) is 0 Å². The van der Waals surface area contributed by atoms with Gasteiger partial charge in [-0.3, -0.25) is 14.4 Å². The second-order valence-electron chi connectivity index (χ2n) is 5.20. The third kappa shape index (κ3) is 3.54. The number of piperazine rings is 1. The molecule has 0 spiro atoms. The summed E-state index contributed by atoms with van der Waals surface area (Å²) in [5.74, 6) is 0.0964. The molecule has 1 aliphatic rings. The minimum absolute atomic E-state index is 0.0964. The molecule has 2 rings (SSSR count). The number of aromatic nitrogens is 2. The van der Waals surface area contributed by atoms with Gasteiger partial charge in [0.05, 0.1) is 6.20 Å². The minimum Gasteiger partial charge on any atom is -0.396 e. The average molecular weight is 266 g/mol. The van der Waals surface area contributed by atoms with E-state index in [-0.39, 0.29) is 18.6 Å². The van der Waals surface area contributed by atoms with Crippen LogP contribution >= 0.6 is 0 Å². The summed E-state index contributed by atoms with van der Waals surface area (Å²) >= 11 is 0. The molecule has 0 radical (unpaired) electrons. The third-order valence-corrected chi connectivity index (χ3v) is 3.65. The Bertz CT molecular complexity index is 432. The summed E-state index contributed by atoms with van der Waals surface area (Å²) in [6, 6.07) is 0.252. The Labute approximate surface area is 113 Å². The summed E-state index contributed by atoms with van der Waals surface area (Å²) in [6.45, 7) is 4.71. The first-order chi connectivity index (χ1) is 9.10. The van der Waals surface area contributed by atoms with Crippen LogP contribution in [0, 0.1) is 6.92 Å². The summed E-state index contributed by atoms with van der Waals surface area (Å²) in [5.41, 5.74) is 1.06. The highest BCUT2D eigenvalue weighted by molar-refractivity contribution is 5.76. The molecule has 1 aromatic heterocycles. The van der Waals surface area contributed by atoms with Crippen molar-refractivity contribution in [2.24, 2.45) is 0 Å². The van der Waals surface area contributed by atoms with Gasteiger partial charge >= 0.3 is 0 Å². The average Bonchev–Trinajstić information content (AvgIpc) is 2.77. The van der Waals surface area contributed by atoms with Gasteiger partial charge in [-0.05, 0) is 26.0 Å². The van der Waals surface area contributed by atoms with Crippen LogP contribution in [0.25, 0.3) is 0 Å². The molecule has 19 heavy (non-hydrogen) atoms. The molecule has 1 N–H and O–H groups in total. The predicted molar refractivity (Wildman–Crippen MR) is 71.7 cm³/mol. The fraction of sp³-hybridized carbons (Fsp3) is 0.692. The molecule has 0 aliphatic carbocycles. The fourth-order valence-electron chi connectivity index (χ4n) is 2.43. The number of carbonyl (C=O) groups excluding carboxylic acids is 1. The second-order valence-corrected chi connectivity index (χ2v) is 5.20. The Morgan fingerprint density at radius 1 is 1.53 bits per heavy atom. The maximum Gasteiger partial charge on any atom is 0.244 e. The molecule has 1 saturated heterocycles. The standard InChI is InChI=1S/C13H22N4O2/c1-11-7-14-17(8-11)10-13(19)16-5-4-15(2)12(9-16)3-6-18/h7-8,12,18H,3-6,9-10H2,1-2H3/t12-/m0/s1. The van der Waals surface area contributed by atoms with Crippen molar-refractivity contribution in [3.05, 3.63) is 18.0 Å². The zero-order valence-electron chi connectivity index (χ0n) is 11.6. The van der Waals surface area contributed by atoms with E-state index in [4.69, 9.17) is 5.11 Å². The molecule has 106 valence electrons. The van der Waals surface area contributed by atoms with Gasteiger partial charge in [0.15, 0.2) is 0 Å². The van der Waals surface area contributed by atoms with Crippen LogP contribution < -0.4 is 0 Å². The van der Waals surface area contributed by atoms with Gasteiger partial charge in [-0.1, -0.05) is 0 Å². The molecule has 2 heterocycles. The number of rotatable bonds is 4. The van der Waals surface area contributed by atoms with E-state index in [0.29, 0.717) is 19.5 Å². The Morgan fingerprint density at radius 3 is 2.95 bits per heavy atom. The second kappa shape index (κ2) is 6.16. The minimum atomic E-state index is 0.0964. The van der Waals surface area contributed by atoms with Crippen LogP contribution in [-0.2, 0) is 11.3 Å². The zero-order valence-corrected chi connectivity index (χ0v) is 11.6. The normalized spacial score (nSPS) is 20.8. The van der Waals surface area contributed by atoms with E-state index >= 15 is 0 Å². The molecular formula is C13H22N4O2. The smallest absolute Gasteiger partial charge is 0.244 e. The Kier molecular flexibility index (Phi) is 4.55. The van der Waals surface area contributed by atoms with E-state index < -0.39 is 0 Å². The quantitative estimate of drug-likeness (QED) is 0.814. The maximum absolute atomic E-state index is 12.2. The number of likely N-dealkylation sites (N-methyl/N-ethyl adjacent to an activating group) is 1. The Hall–Kier alpha value is -1.40. The maximum atomic E-state index is 12.2. The first-order valence-corrected chi connectivity index (χ1v) is 6.68. The van der Waals surface area contributed by atoms with Gasteiger partial charge in [-0.2, -0.15) is 5.10 Å². The molecule has 6 nitrogen and oxygen atoms in total. The lowest BCUT2D eigenvalue weighted by Gasteiger charge is -2.39. The number of carbonyl (C=O) groups is 1. The number of aryl methyl sites for hydroxylation is 1. The first-order valence-electron chi connectivity index (χ1n) is 6.68. The van der Waals surface area contributed by atoms with Gasteiger partial charge in [-0.25, -0.2) is 0 Å². The number of amides is 1. The lowest BCUT2D eigenvalue weighted by Crippen LogP contribution is -2.54. The summed E-state index contributed by atoms with van der Waals surface area (Å²) in [4.78, 5) is 16.3. The molecule has 1 aliphatic heterocycles. The number of aliphatic hydroxyl groups is 1. The van der Waals surface area contributed by atoms with Gasteiger partial charge in [0.2, 0.25) is 5.91 Å². The lowest BCUT2D eigenvalue weighted by atomic mass is 10.1. The number of nitrogens with zero attached hydrogens (tertiary/aromatic N) is 4. The van der Waals surface area contributed by atoms with Crippen LogP contribution in [0.4, 0.5) is 0 Å². The molecule has 0 bridgehead atoms. The first kappa shape index (κ1) is 14.0. The molecule has 1 amide bonds. The number of aliphatic hydroxyl groups excluding tert-OH is 1. The Morgan fingerprint density at radius 2 is 2.32 bits per heavy atom. The van der Waals surface area contributed by atoms with E-state index in [1.165, 1.54) is 0 Å². The lowest BCUT2D eigenvalue weighted by molar-refractivity contribution is -0.135. The fourth-order valence-corrected chi connectivity index (χ4v) is 2.43. The zero-order chi connectivity index (χ0) is 13.8. The largest absolute Gasteiger partial charge is 0.396 e. The molecule has 6 heteroatoms. The topological polar surface area (TPSA) is 61.6 Å². The van der Waals surface area contributed by atoms with Crippen molar-refractivity contribution in [1.82, 2.24) is 19.6 Å². The number of hydrogen-bond acceptors (Lipinski definition) is 4. The molecule has 0 unspecified atom stereocenters. The van der Waals surface area contributed by atoms with Gasteiger partial charge in [-0.15, -0.1) is 0 Å². The van der Waals surface area contributed by atoms with Crippen molar-refractivity contribution in [3.63, 3.8) is 0 Å². The van der Waals surface area contributed by atoms with Gasteiger partial charge in [0.1, 0.15) is 6.54 Å². The van der Waals surface area contributed by atoms with E-state index in [0.717, 1.165) is 18.7 Å².